The maximum absolute atomic E-state index is 11.0. The minimum absolute atomic E-state index is 0.222. The highest BCUT2D eigenvalue weighted by molar-refractivity contribution is 8.00. The van der Waals surface area contributed by atoms with Crippen molar-refractivity contribution in [3.63, 3.8) is 0 Å². The van der Waals surface area contributed by atoms with E-state index >= 15 is 0 Å². The zero-order chi connectivity index (χ0) is 22.3. The molecule has 0 saturated carbocycles. The summed E-state index contributed by atoms with van der Waals surface area (Å²) in [5.74, 6) is 0.328. The predicted molar refractivity (Wildman–Crippen MR) is 127 cm³/mol. The first-order chi connectivity index (χ1) is 13.9. The summed E-state index contributed by atoms with van der Waals surface area (Å²) in [5, 5.41) is 16.5. The Morgan fingerprint density at radius 1 is 0.724 bits per heavy atom. The number of carboxylic acid groups (broad SMARTS) is 2. The molecule has 0 aliphatic rings. The van der Waals surface area contributed by atoms with Crippen molar-refractivity contribution in [1.82, 2.24) is 0 Å². The fourth-order valence-electron chi connectivity index (χ4n) is 3.09. The van der Waals surface area contributed by atoms with Crippen LogP contribution >= 0.6 is 11.8 Å². The van der Waals surface area contributed by atoms with E-state index in [1.54, 1.807) is 18.7 Å². The third-order valence-electron chi connectivity index (χ3n) is 5.16. The Kier molecular flexibility index (Phi) is 24.8. The molecule has 1 atom stereocenters. The SMILES string of the molecule is CCC(=O)O.CCCCCCCCC(CCCCCCCC)CSC(C)C(=O)O. The molecule has 0 aromatic carbocycles. The van der Waals surface area contributed by atoms with Crippen molar-refractivity contribution in [2.45, 2.75) is 129 Å². The van der Waals surface area contributed by atoms with Gasteiger partial charge in [0.1, 0.15) is 0 Å². The van der Waals surface area contributed by atoms with E-state index in [1.807, 2.05) is 6.92 Å². The molecular formula is C24H48O4S. The minimum Gasteiger partial charge on any atom is -0.481 e. The van der Waals surface area contributed by atoms with Gasteiger partial charge in [-0.05, 0) is 31.4 Å². The average Bonchev–Trinajstić information content (AvgIpc) is 2.70. The Bertz CT molecular complexity index is 358. The van der Waals surface area contributed by atoms with Crippen molar-refractivity contribution >= 4 is 23.7 Å². The molecule has 0 rings (SSSR count). The molecule has 0 aromatic rings. The van der Waals surface area contributed by atoms with Crippen molar-refractivity contribution in [1.29, 1.82) is 0 Å². The van der Waals surface area contributed by atoms with Crippen LogP contribution in [0.5, 0.6) is 0 Å². The molecule has 0 bridgehead atoms. The highest BCUT2D eigenvalue weighted by atomic mass is 32.2. The largest absolute Gasteiger partial charge is 0.481 e. The van der Waals surface area contributed by atoms with E-state index in [-0.39, 0.29) is 11.7 Å². The summed E-state index contributed by atoms with van der Waals surface area (Å²) in [7, 11) is 0. The Morgan fingerprint density at radius 3 is 1.45 bits per heavy atom. The molecule has 0 aliphatic carbocycles. The van der Waals surface area contributed by atoms with E-state index < -0.39 is 11.9 Å². The van der Waals surface area contributed by atoms with Crippen LogP contribution in [0.2, 0.25) is 0 Å². The fraction of sp³-hybridized carbons (Fsp3) is 0.917. The number of hydrogen-bond acceptors (Lipinski definition) is 3. The van der Waals surface area contributed by atoms with Crippen LogP contribution in [0.1, 0.15) is 124 Å². The highest BCUT2D eigenvalue weighted by Crippen LogP contribution is 2.25. The maximum atomic E-state index is 11.0. The molecule has 0 amide bonds. The summed E-state index contributed by atoms with van der Waals surface area (Å²) in [6, 6.07) is 0. The van der Waals surface area contributed by atoms with Crippen LogP contribution in [0, 0.1) is 5.92 Å². The van der Waals surface area contributed by atoms with Crippen molar-refractivity contribution < 1.29 is 19.8 Å². The van der Waals surface area contributed by atoms with Gasteiger partial charge in [-0.15, -0.1) is 11.8 Å². The Labute approximate surface area is 184 Å². The Morgan fingerprint density at radius 2 is 1.10 bits per heavy atom. The van der Waals surface area contributed by atoms with Crippen molar-refractivity contribution in [3.05, 3.63) is 0 Å². The van der Waals surface area contributed by atoms with Gasteiger partial charge >= 0.3 is 11.9 Å². The summed E-state index contributed by atoms with van der Waals surface area (Å²) in [6.45, 7) is 7.94. The molecule has 0 saturated heterocycles. The van der Waals surface area contributed by atoms with E-state index in [4.69, 9.17) is 10.2 Å². The molecule has 0 heterocycles. The minimum atomic E-state index is -0.745. The third kappa shape index (κ3) is 25.3. The molecule has 2 N–H and O–H groups in total. The first-order valence-corrected chi connectivity index (χ1v) is 13.0. The summed E-state index contributed by atoms with van der Waals surface area (Å²) in [6.07, 6.45) is 19.0. The lowest BCUT2D eigenvalue weighted by Gasteiger charge is -2.18. The molecule has 5 heteroatoms. The Balaban J connectivity index is 0. The van der Waals surface area contributed by atoms with E-state index in [0.29, 0.717) is 5.92 Å². The molecule has 0 aromatic heterocycles. The highest BCUT2D eigenvalue weighted by Gasteiger charge is 2.15. The number of carboxylic acids is 2. The fourth-order valence-corrected chi connectivity index (χ4v) is 4.13. The normalized spacial score (nSPS) is 11.8. The second-order valence-corrected chi connectivity index (χ2v) is 9.41. The van der Waals surface area contributed by atoms with E-state index in [1.165, 1.54) is 89.9 Å². The van der Waals surface area contributed by atoms with Gasteiger partial charge in [0.25, 0.3) is 0 Å². The molecule has 0 fully saturated rings. The summed E-state index contributed by atoms with van der Waals surface area (Å²) >= 11 is 1.64. The van der Waals surface area contributed by atoms with Crippen LogP contribution in [0.4, 0.5) is 0 Å². The first kappa shape index (κ1) is 30.5. The van der Waals surface area contributed by atoms with Gasteiger partial charge in [0.2, 0.25) is 0 Å². The third-order valence-corrected chi connectivity index (χ3v) is 6.53. The van der Waals surface area contributed by atoms with Gasteiger partial charge < -0.3 is 10.2 Å². The van der Waals surface area contributed by atoms with Crippen molar-refractivity contribution in [2.24, 2.45) is 5.92 Å². The van der Waals surface area contributed by atoms with Gasteiger partial charge in [-0.2, -0.15) is 0 Å². The van der Waals surface area contributed by atoms with Gasteiger partial charge in [0.05, 0.1) is 5.25 Å². The summed E-state index contributed by atoms with van der Waals surface area (Å²) < 4.78 is 0. The van der Waals surface area contributed by atoms with Crippen molar-refractivity contribution in [3.8, 4) is 0 Å². The van der Waals surface area contributed by atoms with E-state index in [0.717, 1.165) is 5.75 Å². The summed E-state index contributed by atoms with van der Waals surface area (Å²) in [5.41, 5.74) is 0. The van der Waals surface area contributed by atoms with Crippen LogP contribution in [-0.4, -0.2) is 33.2 Å². The second kappa shape index (κ2) is 23.6. The molecule has 174 valence electrons. The maximum Gasteiger partial charge on any atom is 0.316 e. The number of aliphatic carboxylic acids is 2. The molecular weight excluding hydrogens is 384 g/mol. The van der Waals surface area contributed by atoms with Gasteiger partial charge in [0, 0.05) is 6.42 Å². The lowest BCUT2D eigenvalue weighted by molar-refractivity contribution is -0.137. The summed E-state index contributed by atoms with van der Waals surface area (Å²) in [4.78, 5) is 20.4. The monoisotopic (exact) mass is 432 g/mol. The lowest BCUT2D eigenvalue weighted by atomic mass is 9.95. The average molecular weight is 433 g/mol. The topological polar surface area (TPSA) is 74.6 Å². The van der Waals surface area contributed by atoms with Crippen LogP contribution in [-0.2, 0) is 9.59 Å². The smallest absolute Gasteiger partial charge is 0.316 e. The molecule has 29 heavy (non-hydrogen) atoms. The number of unbranched alkanes of at least 4 members (excludes halogenated alkanes) is 10. The van der Waals surface area contributed by atoms with Gasteiger partial charge in [-0.25, -0.2) is 0 Å². The zero-order valence-corrected chi connectivity index (χ0v) is 20.4. The van der Waals surface area contributed by atoms with Gasteiger partial charge in [0.15, 0.2) is 0 Å². The molecule has 0 radical (unpaired) electrons. The van der Waals surface area contributed by atoms with E-state index in [2.05, 4.69) is 13.8 Å². The zero-order valence-electron chi connectivity index (χ0n) is 19.6. The molecule has 0 aliphatic heterocycles. The van der Waals surface area contributed by atoms with Gasteiger partial charge in [-0.1, -0.05) is 97.8 Å². The standard InChI is InChI=1S/C21H42O2S.C3H6O2/c1-4-6-8-10-12-14-16-20(18-24-19(3)21(22)23)17-15-13-11-9-7-5-2;1-2-3(4)5/h19-20H,4-18H2,1-3H3,(H,22,23);2H2,1H3,(H,4,5). The van der Waals surface area contributed by atoms with Crippen LogP contribution in [0.25, 0.3) is 0 Å². The second-order valence-electron chi connectivity index (χ2n) is 8.04. The number of thioether (sulfide) groups is 1. The van der Waals surface area contributed by atoms with Crippen LogP contribution in [0.15, 0.2) is 0 Å². The number of rotatable bonds is 19. The molecule has 4 nitrogen and oxygen atoms in total. The first-order valence-electron chi connectivity index (χ1n) is 11.9. The number of carbonyl (C=O) groups is 2. The lowest BCUT2D eigenvalue weighted by Crippen LogP contribution is -2.15. The molecule has 0 spiro atoms. The van der Waals surface area contributed by atoms with Gasteiger partial charge in [-0.3, -0.25) is 9.59 Å². The van der Waals surface area contributed by atoms with Crippen molar-refractivity contribution in [2.75, 3.05) is 5.75 Å². The molecule has 1 unspecified atom stereocenters. The van der Waals surface area contributed by atoms with E-state index in [9.17, 15) is 9.59 Å². The Hall–Kier alpha value is -0.710. The predicted octanol–water partition coefficient (Wildman–Crippen LogP) is 7.79. The van der Waals surface area contributed by atoms with Crippen LogP contribution in [0.3, 0.4) is 0 Å². The quantitative estimate of drug-likeness (QED) is 0.204. The number of hydrogen-bond donors (Lipinski definition) is 2. The van der Waals surface area contributed by atoms with Crippen LogP contribution < -0.4 is 0 Å².